The molecule has 0 unspecified atom stereocenters. The molecule has 0 atom stereocenters. The number of aromatic nitrogens is 1. The SMILES string of the molecule is CCCCCCCCCCCCOc1cc(N(CC)CC)ccc1/C=C/c1cccc[n+]1CCC. The van der Waals surface area contributed by atoms with Crippen molar-refractivity contribution in [3.8, 4) is 5.75 Å². The van der Waals surface area contributed by atoms with Crippen LogP contribution in [0.5, 0.6) is 5.75 Å². The standard InChI is InChI=1S/C32H51N2O/c1-5-9-10-11-12-13-14-15-16-19-27-35-32-28-31(33(7-3)8-4)24-22-29(32)21-23-30-20-17-18-26-34(30)25-6-2/h17-18,20-24,26,28H,5-16,19,25,27H2,1-4H3/q+1. The Balaban J connectivity index is 1.95. The van der Waals surface area contributed by atoms with E-state index in [-0.39, 0.29) is 0 Å². The number of hydrogen-bond acceptors (Lipinski definition) is 2. The molecule has 1 aromatic heterocycles. The van der Waals surface area contributed by atoms with Crippen molar-refractivity contribution in [2.45, 2.75) is 105 Å². The summed E-state index contributed by atoms with van der Waals surface area (Å²) in [4.78, 5) is 2.38. The molecule has 1 aromatic carbocycles. The van der Waals surface area contributed by atoms with Crippen LogP contribution < -0.4 is 14.2 Å². The van der Waals surface area contributed by atoms with Gasteiger partial charge < -0.3 is 9.64 Å². The first-order valence-electron chi connectivity index (χ1n) is 14.4. The molecule has 0 bridgehead atoms. The number of pyridine rings is 1. The second kappa shape index (κ2) is 18.0. The van der Waals surface area contributed by atoms with Gasteiger partial charge in [0.15, 0.2) is 6.20 Å². The summed E-state index contributed by atoms with van der Waals surface area (Å²) in [6.45, 7) is 12.8. The van der Waals surface area contributed by atoms with E-state index in [0.29, 0.717) is 0 Å². The highest BCUT2D eigenvalue weighted by Crippen LogP contribution is 2.28. The number of hydrogen-bond donors (Lipinski definition) is 0. The van der Waals surface area contributed by atoms with Gasteiger partial charge in [-0.1, -0.05) is 71.6 Å². The largest absolute Gasteiger partial charge is 0.493 e. The van der Waals surface area contributed by atoms with Crippen LogP contribution in [-0.4, -0.2) is 19.7 Å². The van der Waals surface area contributed by atoms with Crippen molar-refractivity contribution in [3.63, 3.8) is 0 Å². The van der Waals surface area contributed by atoms with Crippen LogP contribution in [0.2, 0.25) is 0 Å². The van der Waals surface area contributed by atoms with Gasteiger partial charge in [-0.25, -0.2) is 0 Å². The van der Waals surface area contributed by atoms with Gasteiger partial charge in [-0.05, 0) is 44.5 Å². The fourth-order valence-electron chi connectivity index (χ4n) is 4.60. The number of aryl methyl sites for hydroxylation is 1. The molecule has 0 aliphatic rings. The zero-order chi connectivity index (χ0) is 25.1. The summed E-state index contributed by atoms with van der Waals surface area (Å²) in [7, 11) is 0. The maximum Gasteiger partial charge on any atom is 0.205 e. The van der Waals surface area contributed by atoms with Crippen molar-refractivity contribution in [2.24, 2.45) is 0 Å². The van der Waals surface area contributed by atoms with E-state index < -0.39 is 0 Å². The van der Waals surface area contributed by atoms with Gasteiger partial charge in [0.05, 0.1) is 6.61 Å². The highest BCUT2D eigenvalue weighted by molar-refractivity contribution is 5.72. The van der Waals surface area contributed by atoms with Gasteiger partial charge >= 0.3 is 0 Å². The van der Waals surface area contributed by atoms with E-state index in [9.17, 15) is 0 Å². The Labute approximate surface area is 216 Å². The summed E-state index contributed by atoms with van der Waals surface area (Å²) in [5, 5.41) is 0. The molecule has 0 radical (unpaired) electrons. The summed E-state index contributed by atoms with van der Waals surface area (Å²) in [6, 6.07) is 13.1. The average Bonchev–Trinajstić information content (AvgIpc) is 2.88. The number of unbranched alkanes of at least 4 members (excludes halogenated alkanes) is 9. The number of anilines is 1. The van der Waals surface area contributed by atoms with Crippen molar-refractivity contribution in [1.82, 2.24) is 0 Å². The first-order valence-corrected chi connectivity index (χ1v) is 14.4. The average molecular weight is 480 g/mol. The van der Waals surface area contributed by atoms with E-state index in [1.54, 1.807) is 0 Å². The lowest BCUT2D eigenvalue weighted by Gasteiger charge is -2.22. The van der Waals surface area contributed by atoms with Crippen molar-refractivity contribution < 1.29 is 9.30 Å². The Bertz CT molecular complexity index is 841. The van der Waals surface area contributed by atoms with Crippen LogP contribution in [0.15, 0.2) is 42.6 Å². The number of ether oxygens (including phenoxy) is 1. The maximum absolute atomic E-state index is 6.37. The molecule has 194 valence electrons. The molecule has 0 saturated carbocycles. The fraction of sp³-hybridized carbons (Fsp3) is 0.594. The van der Waals surface area contributed by atoms with Crippen LogP contribution in [0.1, 0.15) is 110 Å². The Morgan fingerprint density at radius 2 is 1.43 bits per heavy atom. The van der Waals surface area contributed by atoms with E-state index in [1.165, 1.54) is 69.2 Å². The minimum absolute atomic E-state index is 0.792. The van der Waals surface area contributed by atoms with Crippen molar-refractivity contribution in [2.75, 3.05) is 24.6 Å². The summed E-state index contributed by atoms with van der Waals surface area (Å²) in [6.07, 6.45) is 21.2. The molecule has 0 spiro atoms. The first kappa shape index (κ1) is 28.9. The minimum atomic E-state index is 0.792. The molecule has 1 heterocycles. The van der Waals surface area contributed by atoms with Crippen LogP contribution in [0.25, 0.3) is 12.2 Å². The summed E-state index contributed by atoms with van der Waals surface area (Å²) in [5.74, 6) is 1.000. The molecule has 0 fully saturated rings. The quantitative estimate of drug-likeness (QED) is 0.148. The van der Waals surface area contributed by atoms with Gasteiger partial charge in [0.1, 0.15) is 12.3 Å². The first-order chi connectivity index (χ1) is 17.2. The number of rotatable bonds is 19. The highest BCUT2D eigenvalue weighted by Gasteiger charge is 2.09. The lowest BCUT2D eigenvalue weighted by molar-refractivity contribution is -0.698. The number of benzene rings is 1. The van der Waals surface area contributed by atoms with Crippen LogP contribution in [0.4, 0.5) is 5.69 Å². The summed E-state index contributed by atoms with van der Waals surface area (Å²) >= 11 is 0. The van der Waals surface area contributed by atoms with Gasteiger partial charge in [-0.3, -0.25) is 0 Å². The van der Waals surface area contributed by atoms with Gasteiger partial charge in [-0.2, -0.15) is 4.57 Å². The van der Waals surface area contributed by atoms with Gasteiger partial charge in [0.2, 0.25) is 5.69 Å². The molecule has 2 aromatic rings. The summed E-state index contributed by atoms with van der Waals surface area (Å²) < 4.78 is 8.68. The van der Waals surface area contributed by atoms with Crippen LogP contribution >= 0.6 is 0 Å². The molecule has 0 aliphatic carbocycles. The molecule has 0 aliphatic heterocycles. The van der Waals surface area contributed by atoms with E-state index in [2.05, 4.69) is 91.9 Å². The molecule has 2 rings (SSSR count). The summed E-state index contributed by atoms with van der Waals surface area (Å²) in [5.41, 5.74) is 3.62. The third-order valence-corrected chi connectivity index (χ3v) is 6.76. The Morgan fingerprint density at radius 3 is 2.09 bits per heavy atom. The Hall–Kier alpha value is -2.29. The van der Waals surface area contributed by atoms with E-state index in [4.69, 9.17) is 4.74 Å². The van der Waals surface area contributed by atoms with Gasteiger partial charge in [-0.15, -0.1) is 0 Å². The monoisotopic (exact) mass is 479 g/mol. The normalized spacial score (nSPS) is 11.3. The maximum atomic E-state index is 6.37. The van der Waals surface area contributed by atoms with E-state index in [1.807, 2.05) is 0 Å². The molecule has 35 heavy (non-hydrogen) atoms. The predicted octanol–water partition coefficient (Wildman–Crippen LogP) is 8.70. The molecule has 0 N–H and O–H groups in total. The molecular formula is C32H51N2O+. The van der Waals surface area contributed by atoms with E-state index in [0.717, 1.165) is 50.4 Å². The second-order valence-corrected chi connectivity index (χ2v) is 9.58. The minimum Gasteiger partial charge on any atom is -0.493 e. The zero-order valence-corrected chi connectivity index (χ0v) is 23.1. The molecule has 3 nitrogen and oxygen atoms in total. The fourth-order valence-corrected chi connectivity index (χ4v) is 4.60. The van der Waals surface area contributed by atoms with Crippen molar-refractivity contribution in [1.29, 1.82) is 0 Å². The molecule has 0 amide bonds. The topological polar surface area (TPSA) is 16.4 Å². The molecule has 0 saturated heterocycles. The Kier molecular flexibility index (Phi) is 14.9. The lowest BCUT2D eigenvalue weighted by atomic mass is 10.1. The van der Waals surface area contributed by atoms with Crippen molar-refractivity contribution in [3.05, 3.63) is 53.9 Å². The molecule has 3 heteroatoms. The van der Waals surface area contributed by atoms with Gasteiger partial charge in [0.25, 0.3) is 0 Å². The third kappa shape index (κ3) is 10.9. The second-order valence-electron chi connectivity index (χ2n) is 9.58. The van der Waals surface area contributed by atoms with Crippen LogP contribution in [0, 0.1) is 0 Å². The van der Waals surface area contributed by atoms with Crippen LogP contribution in [-0.2, 0) is 6.54 Å². The molecular weight excluding hydrogens is 428 g/mol. The smallest absolute Gasteiger partial charge is 0.205 e. The zero-order valence-electron chi connectivity index (χ0n) is 23.1. The Morgan fingerprint density at radius 1 is 0.743 bits per heavy atom. The number of nitrogens with zero attached hydrogens (tertiary/aromatic N) is 2. The third-order valence-electron chi connectivity index (χ3n) is 6.76. The van der Waals surface area contributed by atoms with E-state index >= 15 is 0 Å². The van der Waals surface area contributed by atoms with Gasteiger partial charge in [0, 0.05) is 55.0 Å². The predicted molar refractivity (Wildman–Crippen MR) is 153 cm³/mol. The highest BCUT2D eigenvalue weighted by atomic mass is 16.5. The lowest BCUT2D eigenvalue weighted by Crippen LogP contribution is -2.35. The van der Waals surface area contributed by atoms with Crippen LogP contribution in [0.3, 0.4) is 0 Å². The van der Waals surface area contributed by atoms with Crippen molar-refractivity contribution >= 4 is 17.8 Å².